The van der Waals surface area contributed by atoms with Crippen LogP contribution in [-0.4, -0.2) is 88.6 Å². The molecule has 3 N–H and O–H groups in total. The Bertz CT molecular complexity index is 1380. The van der Waals surface area contributed by atoms with Gasteiger partial charge >= 0.3 is 35.5 Å². The predicted molar refractivity (Wildman–Crippen MR) is 142 cm³/mol. The first-order valence-electron chi connectivity index (χ1n) is 12.8. The summed E-state index contributed by atoms with van der Waals surface area (Å²) in [5, 5.41) is 23.2. The third kappa shape index (κ3) is 4.81. The molecule has 1 aromatic carbocycles. The number of aliphatic hydroxyl groups excluding tert-OH is 1. The Morgan fingerprint density at radius 3 is 2.59 bits per heavy atom. The zero-order valence-electron chi connectivity index (χ0n) is 21.3. The molecule has 39 heavy (non-hydrogen) atoms. The number of hydrogen-bond donors (Lipinski definition) is 3. The molecule has 0 radical (unpaired) electrons. The number of fused-ring (bicyclic) bond motifs is 5. The second kappa shape index (κ2) is 10.3. The van der Waals surface area contributed by atoms with Crippen LogP contribution in [0, 0.1) is 28.6 Å². The third-order valence-electron chi connectivity index (χ3n) is 9.81. The van der Waals surface area contributed by atoms with E-state index in [9.17, 15) is 37.6 Å². The molecule has 5 rings (SSSR count). The van der Waals surface area contributed by atoms with Crippen LogP contribution in [0.5, 0.6) is 0 Å². The maximum absolute atomic E-state index is 13.4. The minimum atomic E-state index is -4.53. The Morgan fingerprint density at radius 1 is 1.18 bits per heavy atom. The van der Waals surface area contributed by atoms with Crippen molar-refractivity contribution < 1.29 is 42.3 Å². The monoisotopic (exact) mass is 568 g/mol. The summed E-state index contributed by atoms with van der Waals surface area (Å²) >= 11 is 0. The van der Waals surface area contributed by atoms with E-state index in [1.165, 1.54) is 12.1 Å². The first-order valence-corrected chi connectivity index (χ1v) is 14.3. The van der Waals surface area contributed by atoms with Gasteiger partial charge in [-0.2, -0.15) is 8.42 Å². The quantitative estimate of drug-likeness (QED) is 0.275. The predicted octanol–water partition coefficient (Wildman–Crippen LogP) is 2.02. The summed E-state index contributed by atoms with van der Waals surface area (Å²) < 4.78 is 37.1. The van der Waals surface area contributed by atoms with Gasteiger partial charge in [-0.05, 0) is 74.3 Å². The van der Waals surface area contributed by atoms with Gasteiger partial charge in [-0.1, -0.05) is 31.6 Å². The van der Waals surface area contributed by atoms with Gasteiger partial charge in [0.15, 0.2) is 12.4 Å². The second-order valence-electron chi connectivity index (χ2n) is 11.6. The number of hydrogen-bond acceptors (Lipinski definition) is 8. The number of benzene rings is 1. The molecule has 0 bridgehead atoms. The van der Waals surface area contributed by atoms with E-state index in [1.54, 1.807) is 12.2 Å². The molecule has 3 saturated carbocycles. The van der Waals surface area contributed by atoms with Gasteiger partial charge in [0.2, 0.25) is 5.78 Å². The molecule has 7 atom stereocenters. The van der Waals surface area contributed by atoms with Crippen molar-refractivity contribution in [3.63, 3.8) is 0 Å². The molecule has 0 spiro atoms. The number of Topliss-reactive ketones (excluding diaryl/α,β-unsaturated/α-hetero) is 1. The molecule has 0 amide bonds. The Labute approximate surface area is 249 Å². The van der Waals surface area contributed by atoms with Crippen LogP contribution in [0.1, 0.15) is 56.3 Å². The van der Waals surface area contributed by atoms with Crippen LogP contribution in [0.3, 0.4) is 0 Å². The van der Waals surface area contributed by atoms with Crippen molar-refractivity contribution in [3.05, 3.63) is 53.6 Å². The number of carbonyl (C=O) groups excluding carboxylic acids is 3. The van der Waals surface area contributed by atoms with E-state index in [4.69, 9.17) is 4.74 Å². The Kier molecular flexibility index (Phi) is 8.01. The summed E-state index contributed by atoms with van der Waals surface area (Å²) in [6.07, 6.45) is 6.71. The van der Waals surface area contributed by atoms with Gasteiger partial charge in [0.25, 0.3) is 10.1 Å². The van der Waals surface area contributed by atoms with Gasteiger partial charge < -0.3 is 14.9 Å². The molecule has 4 aliphatic rings. The van der Waals surface area contributed by atoms with Gasteiger partial charge in [0.1, 0.15) is 5.60 Å². The molecule has 206 valence electrons. The molecule has 0 saturated heterocycles. The van der Waals surface area contributed by atoms with Crippen LogP contribution in [0.4, 0.5) is 0 Å². The van der Waals surface area contributed by atoms with E-state index in [0.29, 0.717) is 12.8 Å². The summed E-state index contributed by atoms with van der Waals surface area (Å²) in [4.78, 5) is 37.4. The molecular formula is C28H33NaO9S. The Hall–Kier alpha value is -1.66. The van der Waals surface area contributed by atoms with E-state index in [2.05, 4.69) is 0 Å². The summed E-state index contributed by atoms with van der Waals surface area (Å²) in [7, 11) is -4.53. The van der Waals surface area contributed by atoms with Crippen molar-refractivity contribution in [3.8, 4) is 0 Å². The van der Waals surface area contributed by atoms with Crippen molar-refractivity contribution in [1.29, 1.82) is 0 Å². The zero-order chi connectivity index (χ0) is 27.7. The van der Waals surface area contributed by atoms with E-state index in [-0.39, 0.29) is 71.5 Å². The van der Waals surface area contributed by atoms with Crippen LogP contribution >= 0.6 is 0 Å². The van der Waals surface area contributed by atoms with Crippen molar-refractivity contribution >= 4 is 57.2 Å². The van der Waals surface area contributed by atoms with Gasteiger partial charge in [0, 0.05) is 16.7 Å². The van der Waals surface area contributed by atoms with Crippen LogP contribution in [0.2, 0.25) is 0 Å². The van der Waals surface area contributed by atoms with Gasteiger partial charge in [-0.15, -0.1) is 0 Å². The normalized spacial score (nSPS) is 37.1. The van der Waals surface area contributed by atoms with Crippen molar-refractivity contribution in [2.24, 2.45) is 28.6 Å². The molecule has 0 aromatic heterocycles. The summed E-state index contributed by atoms with van der Waals surface area (Å²) in [5.74, 6) is -1.83. The number of rotatable bonds is 5. The van der Waals surface area contributed by atoms with Crippen molar-refractivity contribution in [1.82, 2.24) is 0 Å². The summed E-state index contributed by atoms with van der Waals surface area (Å²) in [6.45, 7) is 3.16. The molecule has 0 heterocycles. The topological polar surface area (TPSA) is 155 Å². The average molecular weight is 569 g/mol. The fourth-order valence-electron chi connectivity index (χ4n) is 7.91. The second-order valence-corrected chi connectivity index (χ2v) is 13.0. The molecule has 0 unspecified atom stereocenters. The van der Waals surface area contributed by atoms with Crippen LogP contribution < -0.4 is 0 Å². The van der Waals surface area contributed by atoms with Crippen molar-refractivity contribution in [2.45, 2.75) is 62.6 Å². The van der Waals surface area contributed by atoms with Gasteiger partial charge in [0.05, 0.1) is 16.6 Å². The third-order valence-corrected chi connectivity index (χ3v) is 10.7. The van der Waals surface area contributed by atoms with Crippen LogP contribution in [-0.2, 0) is 24.4 Å². The van der Waals surface area contributed by atoms with Gasteiger partial charge in [-0.3, -0.25) is 14.1 Å². The van der Waals surface area contributed by atoms with E-state index in [0.717, 1.165) is 24.1 Å². The van der Waals surface area contributed by atoms with Crippen LogP contribution in [0.25, 0.3) is 0 Å². The SMILES string of the molecule is C[C@]12C=CC(=O)C=C1CC[C@@H]1[C@@H]2[C@@H](O)C[C@@]2(C)[C@H]1CC[C@]2(O)C(=O)COC(=O)c1cccc(S(=O)(=O)O)c1.[NaH]. The fraction of sp³-hybridized carbons (Fsp3) is 0.536. The molecule has 1 aromatic rings. The number of aliphatic hydroxyl groups is 2. The van der Waals surface area contributed by atoms with E-state index in [1.807, 2.05) is 19.9 Å². The maximum atomic E-state index is 13.4. The van der Waals surface area contributed by atoms with E-state index < -0.39 is 55.9 Å². The van der Waals surface area contributed by atoms with Gasteiger partial charge in [-0.25, -0.2) is 4.79 Å². The fourth-order valence-corrected chi connectivity index (χ4v) is 8.43. The van der Waals surface area contributed by atoms with Crippen LogP contribution in [0.15, 0.2) is 53.0 Å². The molecule has 0 aliphatic heterocycles. The number of carbonyl (C=O) groups is 3. The summed E-state index contributed by atoms with van der Waals surface area (Å²) in [6, 6.07) is 4.62. The molecule has 4 aliphatic carbocycles. The molecule has 9 nitrogen and oxygen atoms in total. The Morgan fingerprint density at radius 2 is 1.90 bits per heavy atom. The molecule has 3 fully saturated rings. The molecule has 11 heteroatoms. The number of ether oxygens (including phenoxy) is 1. The number of allylic oxidation sites excluding steroid dienone is 4. The Balaban J connectivity index is 0.00000353. The first kappa shape index (κ1) is 30.3. The number of ketones is 2. The average Bonchev–Trinajstić information content (AvgIpc) is 3.13. The minimum absolute atomic E-state index is 0. The zero-order valence-corrected chi connectivity index (χ0v) is 22.1. The number of esters is 1. The first-order chi connectivity index (χ1) is 17.7. The van der Waals surface area contributed by atoms with Crippen molar-refractivity contribution in [2.75, 3.05) is 6.61 Å². The van der Waals surface area contributed by atoms with E-state index >= 15 is 0 Å². The molecular weight excluding hydrogens is 535 g/mol. The standard InChI is InChI=1S/C28H32O9S.Na.H/c1-26-10-8-18(29)13-17(26)6-7-20-21-9-11-28(33,27(21,2)14-22(30)24(20)26)23(31)15-37-25(32)16-4-3-5-19(12-16)38(34,35)36;;/h3-5,8,10,12-13,20-22,24,30,33H,6-7,9,11,14-15H2,1-2H3,(H,34,35,36);;/t20-,21-,22-,24+,26-,27-,28-;;/m0../s1. The summed E-state index contributed by atoms with van der Waals surface area (Å²) in [5.41, 5.74) is -2.36.